The number of nitrogens with zero attached hydrogens (tertiary/aromatic N) is 1. The molecule has 1 aliphatic heterocycles. The van der Waals surface area contributed by atoms with E-state index in [1.165, 1.54) is 24.8 Å². The van der Waals surface area contributed by atoms with Gasteiger partial charge in [0, 0.05) is 12.1 Å². The van der Waals surface area contributed by atoms with Crippen LogP contribution < -0.4 is 0 Å². The number of hydrogen-bond acceptors (Lipinski definition) is 1. The molecule has 1 saturated carbocycles. The van der Waals surface area contributed by atoms with Crippen molar-refractivity contribution in [2.75, 3.05) is 0 Å². The molecular formula is C14H15N. The average molecular weight is 197 g/mol. The van der Waals surface area contributed by atoms with E-state index in [1.807, 2.05) is 0 Å². The van der Waals surface area contributed by atoms with Crippen molar-refractivity contribution in [1.29, 1.82) is 0 Å². The molecule has 76 valence electrons. The van der Waals surface area contributed by atoms with Gasteiger partial charge in [0.15, 0.2) is 0 Å². The zero-order valence-corrected chi connectivity index (χ0v) is 8.82. The molecule has 0 amide bonds. The van der Waals surface area contributed by atoms with Crippen molar-refractivity contribution in [3.05, 3.63) is 35.9 Å². The highest BCUT2D eigenvalue weighted by molar-refractivity contribution is 5.32. The van der Waals surface area contributed by atoms with Gasteiger partial charge in [-0.2, -0.15) is 0 Å². The first kappa shape index (κ1) is 9.00. The van der Waals surface area contributed by atoms with Crippen molar-refractivity contribution in [3.63, 3.8) is 0 Å². The van der Waals surface area contributed by atoms with Crippen molar-refractivity contribution in [3.8, 4) is 12.3 Å². The van der Waals surface area contributed by atoms with Gasteiger partial charge in [0.2, 0.25) is 0 Å². The van der Waals surface area contributed by atoms with Gasteiger partial charge >= 0.3 is 0 Å². The molecule has 0 aromatic heterocycles. The second-order valence-electron chi connectivity index (χ2n) is 4.64. The predicted molar refractivity (Wildman–Crippen MR) is 61.2 cm³/mol. The monoisotopic (exact) mass is 197 g/mol. The highest BCUT2D eigenvalue weighted by Crippen LogP contribution is 2.55. The van der Waals surface area contributed by atoms with Crippen LogP contribution in [0, 0.1) is 12.3 Å². The molecule has 1 aliphatic carbocycles. The molecule has 15 heavy (non-hydrogen) atoms. The van der Waals surface area contributed by atoms with Gasteiger partial charge in [-0.1, -0.05) is 36.3 Å². The topological polar surface area (TPSA) is 3.01 Å². The Hall–Kier alpha value is -1.26. The first-order chi connectivity index (χ1) is 7.37. The van der Waals surface area contributed by atoms with Gasteiger partial charge in [-0.3, -0.25) is 4.90 Å². The van der Waals surface area contributed by atoms with Crippen LogP contribution in [-0.4, -0.2) is 16.5 Å². The lowest BCUT2D eigenvalue weighted by atomic mass is 9.81. The highest BCUT2D eigenvalue weighted by Gasteiger charge is 2.64. The van der Waals surface area contributed by atoms with Gasteiger partial charge in [-0.05, 0) is 24.8 Å². The molecule has 2 unspecified atom stereocenters. The molecule has 1 nitrogen and oxygen atoms in total. The maximum absolute atomic E-state index is 5.57. The van der Waals surface area contributed by atoms with Gasteiger partial charge < -0.3 is 0 Å². The van der Waals surface area contributed by atoms with Crippen LogP contribution in [0.4, 0.5) is 0 Å². The average Bonchev–Trinajstić information content (AvgIpc) is 2.87. The van der Waals surface area contributed by atoms with E-state index in [9.17, 15) is 0 Å². The Morgan fingerprint density at radius 3 is 2.53 bits per heavy atom. The van der Waals surface area contributed by atoms with Crippen LogP contribution in [0.15, 0.2) is 30.3 Å². The third-order valence-electron chi connectivity index (χ3n) is 3.90. The quantitative estimate of drug-likeness (QED) is 0.520. The number of terminal acetylenes is 1. The van der Waals surface area contributed by atoms with Crippen LogP contribution in [0.5, 0.6) is 0 Å². The Bertz CT molecular complexity index is 397. The molecule has 1 aromatic rings. The van der Waals surface area contributed by atoms with E-state index in [1.54, 1.807) is 0 Å². The second kappa shape index (κ2) is 3.12. The molecule has 0 N–H and O–H groups in total. The second-order valence-corrected chi connectivity index (χ2v) is 4.64. The van der Waals surface area contributed by atoms with E-state index in [-0.39, 0.29) is 0 Å². The summed E-state index contributed by atoms with van der Waals surface area (Å²) in [6.45, 7) is 1.02. The zero-order valence-electron chi connectivity index (χ0n) is 8.82. The lowest BCUT2D eigenvalue weighted by Gasteiger charge is -2.26. The Balaban J connectivity index is 1.73. The third-order valence-corrected chi connectivity index (χ3v) is 3.90. The first-order valence-electron chi connectivity index (χ1n) is 5.64. The summed E-state index contributed by atoms with van der Waals surface area (Å²) in [6, 6.07) is 11.0. The van der Waals surface area contributed by atoms with E-state index < -0.39 is 0 Å². The normalized spacial score (nSPS) is 30.6. The van der Waals surface area contributed by atoms with Crippen molar-refractivity contribution in [2.24, 2.45) is 0 Å². The molecule has 3 rings (SSSR count). The molecule has 2 fully saturated rings. The van der Waals surface area contributed by atoms with Crippen molar-refractivity contribution in [1.82, 2.24) is 4.90 Å². The van der Waals surface area contributed by atoms with Gasteiger partial charge in [0.05, 0.1) is 6.04 Å². The van der Waals surface area contributed by atoms with Crippen LogP contribution in [0.1, 0.15) is 24.8 Å². The van der Waals surface area contributed by atoms with E-state index in [4.69, 9.17) is 6.42 Å². The summed E-state index contributed by atoms with van der Waals surface area (Å²) in [4.78, 5) is 2.48. The van der Waals surface area contributed by atoms with Crippen LogP contribution in [-0.2, 0) is 6.54 Å². The fourth-order valence-corrected chi connectivity index (χ4v) is 2.81. The van der Waals surface area contributed by atoms with Crippen LogP contribution >= 0.6 is 0 Å². The molecule has 2 atom stereocenters. The van der Waals surface area contributed by atoms with Crippen LogP contribution in [0.25, 0.3) is 0 Å². The van der Waals surface area contributed by atoms with Gasteiger partial charge in [-0.15, -0.1) is 6.42 Å². The molecular weight excluding hydrogens is 182 g/mol. The van der Waals surface area contributed by atoms with Crippen molar-refractivity contribution in [2.45, 2.75) is 37.4 Å². The van der Waals surface area contributed by atoms with E-state index in [0.717, 1.165) is 6.54 Å². The molecule has 1 heteroatoms. The zero-order chi connectivity index (χ0) is 10.3. The Morgan fingerprint density at radius 1 is 1.33 bits per heavy atom. The minimum Gasteiger partial charge on any atom is -0.276 e. The van der Waals surface area contributed by atoms with E-state index >= 15 is 0 Å². The van der Waals surface area contributed by atoms with Gasteiger partial charge in [0.25, 0.3) is 0 Å². The maximum Gasteiger partial charge on any atom is 0.0907 e. The predicted octanol–water partition coefficient (Wildman–Crippen LogP) is 2.43. The molecule has 0 bridgehead atoms. The van der Waals surface area contributed by atoms with Crippen LogP contribution in [0.3, 0.4) is 0 Å². The van der Waals surface area contributed by atoms with Crippen molar-refractivity contribution >= 4 is 0 Å². The summed E-state index contributed by atoms with van der Waals surface area (Å²) in [7, 11) is 0. The summed E-state index contributed by atoms with van der Waals surface area (Å²) in [5.74, 6) is 2.93. The molecule has 0 radical (unpaired) electrons. The first-order valence-corrected chi connectivity index (χ1v) is 5.64. The summed E-state index contributed by atoms with van der Waals surface area (Å²) in [5.41, 5.74) is 1.78. The van der Waals surface area contributed by atoms with Crippen LogP contribution in [0.2, 0.25) is 0 Å². The van der Waals surface area contributed by atoms with Gasteiger partial charge in [0.1, 0.15) is 0 Å². The molecule has 2 aliphatic rings. The number of hydrogen-bond donors (Lipinski definition) is 0. The lowest BCUT2D eigenvalue weighted by molar-refractivity contribution is 0.270. The summed E-state index contributed by atoms with van der Waals surface area (Å²) in [5, 5.41) is 0. The number of rotatable bonds is 2. The maximum atomic E-state index is 5.57. The largest absolute Gasteiger partial charge is 0.276 e. The lowest BCUT2D eigenvalue weighted by Crippen LogP contribution is -2.28. The van der Waals surface area contributed by atoms with Crippen molar-refractivity contribution < 1.29 is 0 Å². The molecule has 1 saturated heterocycles. The Labute approximate surface area is 91.1 Å². The fraction of sp³-hybridized carbons (Fsp3) is 0.429. The Kier molecular flexibility index (Phi) is 1.87. The van der Waals surface area contributed by atoms with E-state index in [0.29, 0.717) is 11.6 Å². The summed E-state index contributed by atoms with van der Waals surface area (Å²) in [6.07, 6.45) is 9.52. The number of benzene rings is 1. The van der Waals surface area contributed by atoms with E-state index in [2.05, 4.69) is 41.2 Å². The third kappa shape index (κ3) is 1.22. The SMILES string of the molecule is C#CC1N(Cc2ccccc2)C12CCC2. The summed E-state index contributed by atoms with van der Waals surface area (Å²) < 4.78 is 0. The molecule has 1 aromatic carbocycles. The Morgan fingerprint density at radius 2 is 2.07 bits per heavy atom. The molecule has 1 spiro atoms. The highest BCUT2D eigenvalue weighted by atomic mass is 15.4. The summed E-state index contributed by atoms with van der Waals surface area (Å²) >= 11 is 0. The smallest absolute Gasteiger partial charge is 0.0907 e. The molecule has 1 heterocycles. The van der Waals surface area contributed by atoms with Gasteiger partial charge in [-0.25, -0.2) is 0 Å². The standard InChI is InChI=1S/C14H15N/c1-2-13-14(9-6-10-14)15(13)11-12-7-4-3-5-8-12/h1,3-5,7-8,13H,6,9-11H2. The minimum absolute atomic E-state index is 0.407. The minimum atomic E-state index is 0.407. The fourth-order valence-electron chi connectivity index (χ4n) is 2.81.